The van der Waals surface area contributed by atoms with Crippen LogP contribution >= 0.6 is 0 Å². The molecular formula is C14H15F3N2O. The Morgan fingerprint density at radius 2 is 2.00 bits per heavy atom. The molecule has 1 unspecified atom stereocenters. The Morgan fingerprint density at radius 3 is 2.65 bits per heavy atom. The highest BCUT2D eigenvalue weighted by Crippen LogP contribution is 2.49. The number of carbonyl (C=O) groups is 1. The van der Waals surface area contributed by atoms with Gasteiger partial charge in [0.25, 0.3) is 0 Å². The number of alkyl halides is 3. The van der Waals surface area contributed by atoms with Crippen molar-refractivity contribution in [2.75, 3.05) is 11.9 Å². The normalized spacial score (nSPS) is 23.4. The van der Waals surface area contributed by atoms with Gasteiger partial charge in [0.2, 0.25) is 5.91 Å². The highest BCUT2D eigenvalue weighted by molar-refractivity contribution is 5.87. The van der Waals surface area contributed by atoms with Gasteiger partial charge in [-0.05, 0) is 30.9 Å². The second-order valence-electron chi connectivity index (χ2n) is 5.42. The van der Waals surface area contributed by atoms with Crippen LogP contribution in [0.3, 0.4) is 0 Å². The first-order chi connectivity index (χ1) is 9.43. The summed E-state index contributed by atoms with van der Waals surface area (Å²) in [7, 11) is 0. The van der Waals surface area contributed by atoms with Crippen molar-refractivity contribution in [3.8, 4) is 0 Å². The van der Waals surface area contributed by atoms with Gasteiger partial charge >= 0.3 is 6.18 Å². The van der Waals surface area contributed by atoms with Gasteiger partial charge in [-0.3, -0.25) is 4.79 Å². The lowest BCUT2D eigenvalue weighted by Gasteiger charge is -2.28. The average molecular weight is 284 g/mol. The molecule has 1 aliphatic heterocycles. The molecule has 3 nitrogen and oxygen atoms in total. The fraction of sp³-hybridized carbons (Fsp3) is 0.500. The highest BCUT2D eigenvalue weighted by Gasteiger charge is 2.64. The third-order valence-electron chi connectivity index (χ3n) is 4.06. The fourth-order valence-corrected chi connectivity index (χ4v) is 2.67. The van der Waals surface area contributed by atoms with E-state index in [4.69, 9.17) is 0 Å². The number of carbonyl (C=O) groups excluding carboxylic acids is 1. The molecule has 2 aliphatic rings. The van der Waals surface area contributed by atoms with Gasteiger partial charge in [0, 0.05) is 12.2 Å². The number of amides is 1. The molecule has 1 saturated carbocycles. The Kier molecular flexibility index (Phi) is 2.92. The number of hydrogen-bond acceptors (Lipinski definition) is 2. The minimum Gasteiger partial charge on any atom is -0.385 e. The molecule has 3 rings (SSSR count). The predicted octanol–water partition coefficient (Wildman–Crippen LogP) is 2.80. The largest absolute Gasteiger partial charge is 0.411 e. The van der Waals surface area contributed by atoms with E-state index >= 15 is 0 Å². The van der Waals surface area contributed by atoms with Crippen LogP contribution in [-0.2, 0) is 4.79 Å². The molecule has 1 amide bonds. The van der Waals surface area contributed by atoms with Crippen molar-refractivity contribution in [1.82, 2.24) is 5.32 Å². The van der Waals surface area contributed by atoms with Crippen molar-refractivity contribution >= 4 is 11.6 Å². The zero-order valence-electron chi connectivity index (χ0n) is 10.8. The quantitative estimate of drug-likeness (QED) is 0.877. The van der Waals surface area contributed by atoms with Gasteiger partial charge in [-0.1, -0.05) is 18.2 Å². The number of hydrogen-bond donors (Lipinski definition) is 2. The third kappa shape index (κ3) is 2.13. The summed E-state index contributed by atoms with van der Waals surface area (Å²) in [5, 5.41) is 5.38. The Labute approximate surface area is 114 Å². The summed E-state index contributed by atoms with van der Waals surface area (Å²) < 4.78 is 38.7. The molecule has 2 N–H and O–H groups in total. The van der Waals surface area contributed by atoms with E-state index in [1.165, 1.54) is 0 Å². The maximum Gasteiger partial charge on any atom is 0.411 e. The summed E-state index contributed by atoms with van der Waals surface area (Å²) in [6, 6.07) is 7.26. The zero-order chi connectivity index (χ0) is 14.4. The fourth-order valence-electron chi connectivity index (χ4n) is 2.67. The van der Waals surface area contributed by atoms with Crippen molar-refractivity contribution in [1.29, 1.82) is 0 Å². The van der Waals surface area contributed by atoms with E-state index in [2.05, 4.69) is 10.6 Å². The van der Waals surface area contributed by atoms with Crippen LogP contribution < -0.4 is 10.6 Å². The molecule has 0 radical (unpaired) electrons. The van der Waals surface area contributed by atoms with E-state index in [9.17, 15) is 18.0 Å². The smallest absolute Gasteiger partial charge is 0.385 e. The van der Waals surface area contributed by atoms with Gasteiger partial charge in [0.1, 0.15) is 5.54 Å². The zero-order valence-corrected chi connectivity index (χ0v) is 10.8. The molecule has 0 saturated heterocycles. The lowest BCUT2D eigenvalue weighted by atomic mass is 9.90. The Balaban J connectivity index is 1.80. The SMILES string of the molecule is O=C(NC1(C(F)(F)F)CC1)C1CCNc2ccccc21. The summed E-state index contributed by atoms with van der Waals surface area (Å²) in [6.45, 7) is 0.591. The van der Waals surface area contributed by atoms with Gasteiger partial charge in [-0.15, -0.1) is 0 Å². The van der Waals surface area contributed by atoms with Gasteiger partial charge in [-0.2, -0.15) is 13.2 Å². The number of halogens is 3. The van der Waals surface area contributed by atoms with E-state index in [-0.39, 0.29) is 12.8 Å². The Hall–Kier alpha value is -1.72. The summed E-state index contributed by atoms with van der Waals surface area (Å²) >= 11 is 0. The molecule has 108 valence electrons. The minimum atomic E-state index is -4.37. The van der Waals surface area contributed by atoms with Crippen molar-refractivity contribution in [3.63, 3.8) is 0 Å². The highest BCUT2D eigenvalue weighted by atomic mass is 19.4. The maximum absolute atomic E-state index is 12.9. The van der Waals surface area contributed by atoms with Gasteiger partial charge < -0.3 is 10.6 Å². The number of fused-ring (bicyclic) bond motifs is 1. The molecule has 1 aliphatic carbocycles. The van der Waals surface area contributed by atoms with Crippen LogP contribution in [0.1, 0.15) is 30.7 Å². The van der Waals surface area contributed by atoms with Gasteiger partial charge in [0.15, 0.2) is 0 Å². The molecule has 0 spiro atoms. The van der Waals surface area contributed by atoms with Crippen molar-refractivity contribution in [2.45, 2.75) is 36.9 Å². The van der Waals surface area contributed by atoms with Crippen molar-refractivity contribution < 1.29 is 18.0 Å². The Morgan fingerprint density at radius 1 is 1.30 bits per heavy atom. The van der Waals surface area contributed by atoms with Crippen molar-refractivity contribution in [3.05, 3.63) is 29.8 Å². The molecule has 1 fully saturated rings. The molecule has 0 aromatic heterocycles. The first-order valence-electron chi connectivity index (χ1n) is 6.64. The maximum atomic E-state index is 12.9. The van der Waals surface area contributed by atoms with E-state index < -0.39 is 23.5 Å². The van der Waals surface area contributed by atoms with Crippen LogP contribution in [0, 0.1) is 0 Å². The molecule has 1 aromatic rings. The molecule has 1 atom stereocenters. The monoisotopic (exact) mass is 284 g/mol. The van der Waals surface area contributed by atoms with Crippen LogP contribution in [0.15, 0.2) is 24.3 Å². The number of nitrogens with one attached hydrogen (secondary N) is 2. The number of para-hydroxylation sites is 1. The average Bonchev–Trinajstić information content (AvgIpc) is 3.18. The van der Waals surface area contributed by atoms with Gasteiger partial charge in [-0.25, -0.2) is 0 Å². The van der Waals surface area contributed by atoms with Crippen molar-refractivity contribution in [2.24, 2.45) is 0 Å². The minimum absolute atomic E-state index is 0.0190. The first-order valence-corrected chi connectivity index (χ1v) is 6.64. The van der Waals surface area contributed by atoms with E-state index in [1.54, 1.807) is 12.1 Å². The van der Waals surface area contributed by atoms with E-state index in [1.807, 2.05) is 12.1 Å². The van der Waals surface area contributed by atoms with Crippen LogP contribution in [0.25, 0.3) is 0 Å². The van der Waals surface area contributed by atoms with Crippen LogP contribution in [0.5, 0.6) is 0 Å². The van der Waals surface area contributed by atoms with E-state index in [0.717, 1.165) is 11.3 Å². The first kappa shape index (κ1) is 13.3. The van der Waals surface area contributed by atoms with Crippen LogP contribution in [0.4, 0.5) is 18.9 Å². The summed E-state index contributed by atoms with van der Waals surface area (Å²) in [4.78, 5) is 12.2. The standard InChI is InChI=1S/C14H15F3N2O/c15-14(16,17)13(6-7-13)19-12(20)10-5-8-18-11-4-2-1-3-9(10)11/h1-4,10,18H,5-8H2,(H,19,20). The number of benzene rings is 1. The third-order valence-corrected chi connectivity index (χ3v) is 4.06. The lowest BCUT2D eigenvalue weighted by molar-refractivity contribution is -0.170. The number of rotatable bonds is 2. The molecule has 0 bridgehead atoms. The summed E-state index contributed by atoms with van der Waals surface area (Å²) in [6.07, 6.45) is -3.89. The molecular weight excluding hydrogens is 269 g/mol. The molecule has 6 heteroatoms. The number of anilines is 1. The van der Waals surface area contributed by atoms with E-state index in [0.29, 0.717) is 13.0 Å². The second-order valence-corrected chi connectivity index (χ2v) is 5.42. The molecule has 20 heavy (non-hydrogen) atoms. The van der Waals surface area contributed by atoms with Crippen LogP contribution in [0.2, 0.25) is 0 Å². The topological polar surface area (TPSA) is 41.1 Å². The summed E-state index contributed by atoms with van der Waals surface area (Å²) in [5.74, 6) is -1.03. The Bertz CT molecular complexity index is 537. The second kappa shape index (κ2) is 4.40. The van der Waals surface area contributed by atoms with Gasteiger partial charge in [0.05, 0.1) is 5.92 Å². The predicted molar refractivity (Wildman–Crippen MR) is 68.5 cm³/mol. The molecule has 1 heterocycles. The summed E-state index contributed by atoms with van der Waals surface area (Å²) in [5.41, 5.74) is -0.380. The molecule has 1 aromatic carbocycles. The van der Waals surface area contributed by atoms with Crippen LogP contribution in [-0.4, -0.2) is 24.2 Å². The lowest BCUT2D eigenvalue weighted by Crippen LogP contribution is -2.49.